The van der Waals surface area contributed by atoms with Gasteiger partial charge in [-0.05, 0) is 18.2 Å². The predicted octanol–water partition coefficient (Wildman–Crippen LogP) is 2.40. The molecule has 0 fully saturated rings. The molecule has 0 aliphatic heterocycles. The van der Waals surface area contributed by atoms with Crippen LogP contribution in [0.25, 0.3) is 10.1 Å². The maximum Gasteiger partial charge on any atom is 0.351 e. The molecular formula is C11H10O4S. The number of carbonyl (C=O) groups is 1. The summed E-state index contributed by atoms with van der Waals surface area (Å²) in [5.41, 5.74) is 0. The molecule has 5 heteroatoms. The van der Waals surface area contributed by atoms with Crippen LogP contribution in [0.15, 0.2) is 18.2 Å². The van der Waals surface area contributed by atoms with E-state index in [1.165, 1.54) is 18.4 Å². The van der Waals surface area contributed by atoms with E-state index in [4.69, 9.17) is 4.74 Å². The molecule has 0 amide bonds. The van der Waals surface area contributed by atoms with Crippen LogP contribution in [0.4, 0.5) is 0 Å². The maximum atomic E-state index is 11.4. The molecule has 0 aliphatic carbocycles. The number of aromatic hydroxyl groups is 1. The molecule has 0 bridgehead atoms. The fourth-order valence-corrected chi connectivity index (χ4v) is 2.42. The Morgan fingerprint density at radius 1 is 1.38 bits per heavy atom. The van der Waals surface area contributed by atoms with Gasteiger partial charge in [0.05, 0.1) is 14.2 Å². The van der Waals surface area contributed by atoms with Crippen molar-refractivity contribution >= 4 is 27.4 Å². The van der Waals surface area contributed by atoms with Crippen molar-refractivity contribution in [2.45, 2.75) is 0 Å². The quantitative estimate of drug-likeness (QED) is 0.816. The first-order valence-corrected chi connectivity index (χ1v) is 5.37. The summed E-state index contributed by atoms with van der Waals surface area (Å²) in [6.45, 7) is 0. The van der Waals surface area contributed by atoms with E-state index >= 15 is 0 Å². The Balaban J connectivity index is 2.64. The van der Waals surface area contributed by atoms with Crippen LogP contribution < -0.4 is 4.74 Å². The largest absolute Gasteiger partial charge is 0.505 e. The molecule has 1 heterocycles. The van der Waals surface area contributed by atoms with Crippen LogP contribution in [0.2, 0.25) is 0 Å². The molecule has 0 aliphatic rings. The Bertz CT molecular complexity index is 544. The molecule has 4 nitrogen and oxygen atoms in total. The summed E-state index contributed by atoms with van der Waals surface area (Å²) in [7, 11) is 2.83. The zero-order valence-corrected chi connectivity index (χ0v) is 9.63. The van der Waals surface area contributed by atoms with Crippen LogP contribution in [0.1, 0.15) is 9.67 Å². The van der Waals surface area contributed by atoms with Crippen LogP contribution in [-0.4, -0.2) is 25.3 Å². The van der Waals surface area contributed by atoms with Gasteiger partial charge in [0.2, 0.25) is 0 Å². The fourth-order valence-electron chi connectivity index (χ4n) is 1.42. The van der Waals surface area contributed by atoms with E-state index in [9.17, 15) is 9.90 Å². The zero-order chi connectivity index (χ0) is 11.7. The highest BCUT2D eigenvalue weighted by Crippen LogP contribution is 2.38. The van der Waals surface area contributed by atoms with Crippen molar-refractivity contribution in [2.24, 2.45) is 0 Å². The topological polar surface area (TPSA) is 55.8 Å². The Hall–Kier alpha value is -1.75. The van der Waals surface area contributed by atoms with Crippen LogP contribution in [0, 0.1) is 0 Å². The lowest BCUT2D eigenvalue weighted by Crippen LogP contribution is -1.97. The van der Waals surface area contributed by atoms with E-state index in [1.54, 1.807) is 25.3 Å². The number of carbonyl (C=O) groups excluding carboxylic acids is 1. The molecular weight excluding hydrogens is 228 g/mol. The average Bonchev–Trinajstić information content (AvgIpc) is 2.65. The first-order chi connectivity index (χ1) is 7.67. The third-order valence-corrected chi connectivity index (χ3v) is 3.38. The molecule has 0 spiro atoms. The summed E-state index contributed by atoms with van der Waals surface area (Å²) in [5, 5.41) is 10.5. The molecule has 0 saturated carbocycles. The Kier molecular flexibility index (Phi) is 2.70. The molecule has 0 atom stereocenters. The SMILES string of the molecule is COC(=O)c1sc2ccc(OC)cc2c1O. The van der Waals surface area contributed by atoms with Gasteiger partial charge in [0, 0.05) is 10.1 Å². The minimum absolute atomic E-state index is 0.0502. The Morgan fingerprint density at radius 2 is 2.12 bits per heavy atom. The van der Waals surface area contributed by atoms with E-state index < -0.39 is 5.97 Å². The van der Waals surface area contributed by atoms with E-state index in [2.05, 4.69) is 4.74 Å². The number of fused-ring (bicyclic) bond motifs is 1. The molecule has 84 valence electrons. The van der Waals surface area contributed by atoms with Gasteiger partial charge in [-0.1, -0.05) is 0 Å². The van der Waals surface area contributed by atoms with Crippen molar-refractivity contribution < 1.29 is 19.4 Å². The first-order valence-electron chi connectivity index (χ1n) is 4.55. The number of methoxy groups -OCH3 is 2. The smallest absolute Gasteiger partial charge is 0.351 e. The van der Waals surface area contributed by atoms with Gasteiger partial charge in [0.25, 0.3) is 0 Å². The molecule has 0 radical (unpaired) electrons. The lowest BCUT2D eigenvalue weighted by molar-refractivity contribution is 0.0603. The maximum absolute atomic E-state index is 11.4. The van der Waals surface area contributed by atoms with Crippen molar-refractivity contribution in [1.29, 1.82) is 0 Å². The summed E-state index contributed by atoms with van der Waals surface area (Å²) in [4.78, 5) is 11.6. The summed E-state index contributed by atoms with van der Waals surface area (Å²) >= 11 is 1.20. The van der Waals surface area contributed by atoms with Crippen molar-refractivity contribution in [1.82, 2.24) is 0 Å². The van der Waals surface area contributed by atoms with Gasteiger partial charge in [0.1, 0.15) is 11.5 Å². The lowest BCUT2D eigenvalue weighted by atomic mass is 10.2. The van der Waals surface area contributed by atoms with Crippen LogP contribution in [-0.2, 0) is 4.74 Å². The number of esters is 1. The van der Waals surface area contributed by atoms with Crippen molar-refractivity contribution in [3.8, 4) is 11.5 Å². The molecule has 2 aromatic rings. The highest BCUT2D eigenvalue weighted by molar-refractivity contribution is 7.21. The summed E-state index contributed by atoms with van der Waals surface area (Å²) in [5.74, 6) is 0.0560. The normalized spacial score (nSPS) is 10.4. The Morgan fingerprint density at radius 3 is 2.75 bits per heavy atom. The summed E-state index contributed by atoms with van der Waals surface area (Å²) in [6, 6.07) is 5.26. The van der Waals surface area contributed by atoms with Gasteiger partial charge < -0.3 is 14.6 Å². The predicted molar refractivity (Wildman–Crippen MR) is 61.4 cm³/mol. The molecule has 2 rings (SSSR count). The minimum atomic E-state index is -0.530. The number of benzene rings is 1. The first kappa shape index (κ1) is 10.8. The molecule has 0 saturated heterocycles. The van der Waals surface area contributed by atoms with E-state index in [0.717, 1.165) is 4.70 Å². The van der Waals surface area contributed by atoms with Gasteiger partial charge in [-0.2, -0.15) is 0 Å². The van der Waals surface area contributed by atoms with E-state index in [-0.39, 0.29) is 10.6 Å². The molecule has 16 heavy (non-hydrogen) atoms. The average molecular weight is 238 g/mol. The third kappa shape index (κ3) is 1.59. The number of hydrogen-bond acceptors (Lipinski definition) is 5. The minimum Gasteiger partial charge on any atom is -0.505 e. The van der Waals surface area contributed by atoms with Crippen LogP contribution in [0.5, 0.6) is 11.5 Å². The number of rotatable bonds is 2. The van der Waals surface area contributed by atoms with E-state index in [0.29, 0.717) is 11.1 Å². The van der Waals surface area contributed by atoms with Gasteiger partial charge in [-0.15, -0.1) is 11.3 Å². The molecule has 1 N–H and O–H groups in total. The summed E-state index contributed by atoms with van der Waals surface area (Å²) in [6.07, 6.45) is 0. The standard InChI is InChI=1S/C11H10O4S/c1-14-6-3-4-8-7(5-6)9(12)10(16-8)11(13)15-2/h3-5,12H,1-2H3. The molecule has 0 unspecified atom stereocenters. The Labute approximate surface area is 96.0 Å². The van der Waals surface area contributed by atoms with Gasteiger partial charge in [-0.3, -0.25) is 0 Å². The lowest BCUT2D eigenvalue weighted by Gasteiger charge is -1.98. The van der Waals surface area contributed by atoms with Crippen molar-refractivity contribution in [3.05, 3.63) is 23.1 Å². The monoisotopic (exact) mass is 238 g/mol. The van der Waals surface area contributed by atoms with E-state index in [1.807, 2.05) is 0 Å². The zero-order valence-electron chi connectivity index (χ0n) is 8.81. The highest BCUT2D eigenvalue weighted by atomic mass is 32.1. The van der Waals surface area contributed by atoms with Crippen LogP contribution >= 0.6 is 11.3 Å². The number of ether oxygens (including phenoxy) is 2. The fraction of sp³-hybridized carbons (Fsp3) is 0.182. The number of thiophene rings is 1. The molecule has 1 aromatic heterocycles. The second kappa shape index (κ2) is 4.02. The van der Waals surface area contributed by atoms with Gasteiger partial charge >= 0.3 is 5.97 Å². The second-order valence-electron chi connectivity index (χ2n) is 3.13. The summed E-state index contributed by atoms with van der Waals surface area (Å²) < 4.78 is 10.5. The van der Waals surface area contributed by atoms with Crippen molar-refractivity contribution in [3.63, 3.8) is 0 Å². The number of hydrogen-bond donors (Lipinski definition) is 1. The third-order valence-electron chi connectivity index (χ3n) is 2.24. The van der Waals surface area contributed by atoms with Crippen LogP contribution in [0.3, 0.4) is 0 Å². The van der Waals surface area contributed by atoms with Crippen molar-refractivity contribution in [2.75, 3.05) is 14.2 Å². The second-order valence-corrected chi connectivity index (χ2v) is 4.19. The highest BCUT2D eigenvalue weighted by Gasteiger charge is 2.18. The molecule has 1 aromatic carbocycles. The van der Waals surface area contributed by atoms with Gasteiger partial charge in [-0.25, -0.2) is 4.79 Å². The van der Waals surface area contributed by atoms with Gasteiger partial charge in [0.15, 0.2) is 4.88 Å².